The topological polar surface area (TPSA) is 139 Å². The summed E-state index contributed by atoms with van der Waals surface area (Å²) in [5.41, 5.74) is 1.87. The summed E-state index contributed by atoms with van der Waals surface area (Å²) >= 11 is 6.28. The third kappa shape index (κ3) is 7.23. The quantitative estimate of drug-likeness (QED) is 0.160. The van der Waals surface area contributed by atoms with Gasteiger partial charge >= 0.3 is 17.6 Å². The van der Waals surface area contributed by atoms with Gasteiger partial charge in [-0.25, -0.2) is 9.59 Å². The van der Waals surface area contributed by atoms with Crippen molar-refractivity contribution >= 4 is 57.3 Å². The summed E-state index contributed by atoms with van der Waals surface area (Å²) in [6.07, 6.45) is 0.205. The van der Waals surface area contributed by atoms with Gasteiger partial charge in [0.05, 0.1) is 12.5 Å². The fraction of sp³-hybridized carbons (Fsp3) is 0.0909. The molecule has 0 aliphatic heterocycles. The zero-order valence-corrected chi connectivity index (χ0v) is 24.2. The lowest BCUT2D eigenvalue weighted by atomic mass is 10.0. The zero-order valence-electron chi connectivity index (χ0n) is 23.4. The van der Waals surface area contributed by atoms with Crippen molar-refractivity contribution in [3.05, 3.63) is 130 Å². The first kappa shape index (κ1) is 29.9. The average Bonchev–Trinajstić information content (AvgIpc) is 3.03. The molecule has 0 spiro atoms. The monoisotopic (exact) mass is 610 g/mol. The van der Waals surface area contributed by atoms with Gasteiger partial charge in [0, 0.05) is 34.4 Å². The third-order valence-corrected chi connectivity index (χ3v) is 6.99. The van der Waals surface area contributed by atoms with Crippen molar-refractivity contribution in [2.45, 2.75) is 12.5 Å². The Morgan fingerprint density at radius 3 is 2.05 bits per heavy atom. The molecule has 0 radical (unpaired) electrons. The number of fused-ring (bicyclic) bond motifs is 1. The highest BCUT2D eigenvalue weighted by atomic mass is 35.5. The molecule has 5 rings (SSSR count). The molecule has 0 aliphatic carbocycles. The van der Waals surface area contributed by atoms with Gasteiger partial charge in [-0.05, 0) is 54.1 Å². The number of anilines is 3. The standard InChI is InChI=1S/C33H27ClN4O6/c1-43-32-28(34)25-17-16-24(19-26(25)31(41)44-32)35-30(40)27(18-20-8-4-2-5-9-20)38-29(39)21-12-14-23(15-13-21)37-33(42)36-22-10-6-3-7-11-22/h2-17,19,27H,18H2,1H3,(H,35,40)(H,38,39)(H2,36,37,42). The summed E-state index contributed by atoms with van der Waals surface area (Å²) in [4.78, 5) is 51.5. The van der Waals surface area contributed by atoms with Gasteiger partial charge in [-0.3, -0.25) is 9.59 Å². The molecule has 222 valence electrons. The minimum atomic E-state index is -0.967. The maximum Gasteiger partial charge on any atom is 0.346 e. The molecule has 0 saturated heterocycles. The van der Waals surface area contributed by atoms with Crippen LogP contribution in [0.1, 0.15) is 15.9 Å². The minimum absolute atomic E-state index is 0.106. The van der Waals surface area contributed by atoms with E-state index >= 15 is 0 Å². The summed E-state index contributed by atoms with van der Waals surface area (Å²) in [7, 11) is 1.34. The average molecular weight is 611 g/mol. The molecule has 4 N–H and O–H groups in total. The predicted octanol–water partition coefficient (Wildman–Crippen LogP) is 6.08. The van der Waals surface area contributed by atoms with Crippen LogP contribution in [0, 0.1) is 0 Å². The number of urea groups is 1. The number of rotatable bonds is 9. The van der Waals surface area contributed by atoms with Crippen LogP contribution in [0.5, 0.6) is 5.95 Å². The molecule has 1 atom stereocenters. The molecule has 1 unspecified atom stereocenters. The van der Waals surface area contributed by atoms with Crippen LogP contribution in [0.25, 0.3) is 10.8 Å². The lowest BCUT2D eigenvalue weighted by molar-refractivity contribution is -0.118. The number of benzene rings is 4. The number of carbonyl (C=O) groups is 3. The number of ether oxygens (including phenoxy) is 1. The van der Waals surface area contributed by atoms with Crippen LogP contribution in [0.2, 0.25) is 5.02 Å². The number of hydrogen-bond acceptors (Lipinski definition) is 6. The summed E-state index contributed by atoms with van der Waals surface area (Å²) in [5.74, 6) is -1.09. The largest absolute Gasteiger partial charge is 0.467 e. The maximum atomic E-state index is 13.5. The van der Waals surface area contributed by atoms with E-state index in [-0.39, 0.29) is 28.3 Å². The van der Waals surface area contributed by atoms with Crippen LogP contribution in [0.15, 0.2) is 112 Å². The normalized spacial score (nSPS) is 11.3. The van der Waals surface area contributed by atoms with Crippen LogP contribution in [0.3, 0.4) is 0 Å². The first-order chi connectivity index (χ1) is 21.3. The molecule has 0 saturated carbocycles. The van der Waals surface area contributed by atoms with Gasteiger partial charge in [-0.1, -0.05) is 66.2 Å². The van der Waals surface area contributed by atoms with Crippen molar-refractivity contribution in [3.63, 3.8) is 0 Å². The van der Waals surface area contributed by atoms with E-state index in [1.807, 2.05) is 48.5 Å². The van der Waals surface area contributed by atoms with Gasteiger partial charge in [-0.15, -0.1) is 0 Å². The van der Waals surface area contributed by atoms with Gasteiger partial charge in [0.25, 0.3) is 5.91 Å². The Labute approximate surface area is 257 Å². The van der Waals surface area contributed by atoms with Crippen LogP contribution >= 0.6 is 11.6 Å². The molecule has 4 aromatic carbocycles. The number of para-hydroxylation sites is 1. The molecule has 5 aromatic rings. The second-order valence-corrected chi connectivity index (χ2v) is 10.1. The molecule has 10 nitrogen and oxygen atoms in total. The number of nitrogens with one attached hydrogen (secondary N) is 4. The summed E-state index contributed by atoms with van der Waals surface area (Å²) in [6.45, 7) is 0. The molecular weight excluding hydrogens is 584 g/mol. The summed E-state index contributed by atoms with van der Waals surface area (Å²) < 4.78 is 10.1. The zero-order chi connectivity index (χ0) is 31.1. The van der Waals surface area contributed by atoms with Crippen molar-refractivity contribution in [1.29, 1.82) is 0 Å². The van der Waals surface area contributed by atoms with E-state index in [4.69, 9.17) is 20.8 Å². The van der Waals surface area contributed by atoms with E-state index in [2.05, 4.69) is 21.3 Å². The molecule has 1 heterocycles. The molecule has 44 heavy (non-hydrogen) atoms. The first-order valence-corrected chi connectivity index (χ1v) is 13.9. The molecule has 1 aromatic heterocycles. The number of hydrogen-bond donors (Lipinski definition) is 4. The smallest absolute Gasteiger partial charge is 0.346 e. The number of carbonyl (C=O) groups excluding carboxylic acids is 3. The fourth-order valence-corrected chi connectivity index (χ4v) is 4.74. The lowest BCUT2D eigenvalue weighted by Crippen LogP contribution is -2.45. The van der Waals surface area contributed by atoms with E-state index in [0.717, 1.165) is 5.56 Å². The Morgan fingerprint density at radius 2 is 1.39 bits per heavy atom. The Morgan fingerprint density at radius 1 is 0.773 bits per heavy atom. The van der Waals surface area contributed by atoms with Crippen molar-refractivity contribution in [2.75, 3.05) is 23.1 Å². The van der Waals surface area contributed by atoms with Gasteiger partial charge in [0.1, 0.15) is 11.1 Å². The summed E-state index contributed by atoms with van der Waals surface area (Å²) in [6, 6.07) is 27.7. The minimum Gasteiger partial charge on any atom is -0.467 e. The molecule has 4 amide bonds. The van der Waals surface area contributed by atoms with E-state index < -0.39 is 29.5 Å². The Kier molecular flexibility index (Phi) is 9.22. The second kappa shape index (κ2) is 13.6. The maximum absolute atomic E-state index is 13.5. The summed E-state index contributed by atoms with van der Waals surface area (Å²) in [5, 5.41) is 11.7. The SMILES string of the molecule is COc1oc(=O)c2cc(NC(=O)C(Cc3ccccc3)NC(=O)c3ccc(NC(=O)Nc4ccccc4)cc3)ccc2c1Cl. The molecule has 11 heteroatoms. The fourth-order valence-electron chi connectivity index (χ4n) is 4.46. The van der Waals surface area contributed by atoms with Crippen LogP contribution in [-0.4, -0.2) is 31.0 Å². The van der Waals surface area contributed by atoms with Crippen molar-refractivity contribution < 1.29 is 23.5 Å². The number of halogens is 1. The van der Waals surface area contributed by atoms with Gasteiger partial charge < -0.3 is 30.4 Å². The first-order valence-electron chi connectivity index (χ1n) is 13.5. The Balaban J connectivity index is 1.30. The van der Waals surface area contributed by atoms with Gasteiger partial charge in [0.15, 0.2) is 0 Å². The highest BCUT2D eigenvalue weighted by molar-refractivity contribution is 6.36. The molecule has 0 bridgehead atoms. The Hall–Kier alpha value is -5.61. The van der Waals surface area contributed by atoms with E-state index in [0.29, 0.717) is 22.4 Å². The van der Waals surface area contributed by atoms with Crippen molar-refractivity contribution in [2.24, 2.45) is 0 Å². The van der Waals surface area contributed by atoms with Crippen LogP contribution in [0.4, 0.5) is 21.9 Å². The molecule has 0 aliphatic rings. The van der Waals surface area contributed by atoms with Crippen LogP contribution < -0.4 is 31.6 Å². The van der Waals surface area contributed by atoms with Crippen molar-refractivity contribution in [3.8, 4) is 5.95 Å². The van der Waals surface area contributed by atoms with E-state index in [9.17, 15) is 19.2 Å². The highest BCUT2D eigenvalue weighted by Gasteiger charge is 2.23. The third-order valence-electron chi connectivity index (χ3n) is 6.63. The van der Waals surface area contributed by atoms with E-state index in [1.165, 1.54) is 13.2 Å². The van der Waals surface area contributed by atoms with E-state index in [1.54, 1.807) is 48.5 Å². The predicted molar refractivity (Wildman–Crippen MR) is 170 cm³/mol. The lowest BCUT2D eigenvalue weighted by Gasteiger charge is -2.19. The van der Waals surface area contributed by atoms with Crippen molar-refractivity contribution in [1.82, 2.24) is 5.32 Å². The number of methoxy groups -OCH3 is 1. The van der Waals surface area contributed by atoms with Gasteiger partial charge in [0.2, 0.25) is 5.91 Å². The Bertz CT molecular complexity index is 1860. The highest BCUT2D eigenvalue weighted by Crippen LogP contribution is 2.31. The van der Waals surface area contributed by atoms with Crippen LogP contribution in [-0.2, 0) is 11.2 Å². The number of amides is 4. The molecular formula is C33H27ClN4O6. The van der Waals surface area contributed by atoms with Gasteiger partial charge in [-0.2, -0.15) is 0 Å². The molecule has 0 fully saturated rings. The second-order valence-electron chi connectivity index (χ2n) is 9.68.